The van der Waals surface area contributed by atoms with E-state index < -0.39 is 11.5 Å². The minimum atomic E-state index is -0.862. The first-order chi connectivity index (χ1) is 15.5. The molecular weight excluding hydrogens is 406 g/mol. The average Bonchev–Trinajstić information content (AvgIpc) is 3.55. The summed E-state index contributed by atoms with van der Waals surface area (Å²) in [5, 5.41) is 11.6. The molecule has 5 heterocycles. The van der Waals surface area contributed by atoms with Gasteiger partial charge in [-0.25, -0.2) is 0 Å². The van der Waals surface area contributed by atoms with Gasteiger partial charge in [-0.3, -0.25) is 23.9 Å². The number of para-hydroxylation sites is 1. The van der Waals surface area contributed by atoms with Crippen LogP contribution in [0.1, 0.15) is 33.9 Å². The molecular formula is C23H21N7O2. The van der Waals surface area contributed by atoms with Gasteiger partial charge in [0.1, 0.15) is 10.9 Å². The van der Waals surface area contributed by atoms with Crippen molar-refractivity contribution < 1.29 is 9.59 Å². The van der Waals surface area contributed by atoms with Crippen LogP contribution in [0.3, 0.4) is 0 Å². The third kappa shape index (κ3) is 2.41. The van der Waals surface area contributed by atoms with Crippen LogP contribution in [0.25, 0.3) is 11.0 Å². The van der Waals surface area contributed by atoms with Crippen molar-refractivity contribution in [2.75, 3.05) is 11.9 Å². The molecule has 1 N–H and O–H groups in total. The van der Waals surface area contributed by atoms with Gasteiger partial charge in [-0.1, -0.05) is 18.2 Å². The Morgan fingerprint density at radius 3 is 2.81 bits per heavy atom. The lowest BCUT2D eigenvalue weighted by atomic mass is 9.73. The van der Waals surface area contributed by atoms with Gasteiger partial charge >= 0.3 is 0 Å². The second kappa shape index (κ2) is 6.49. The number of nitrogens with one attached hydrogen (secondary N) is 1. The van der Waals surface area contributed by atoms with E-state index in [2.05, 4.69) is 20.5 Å². The van der Waals surface area contributed by atoms with Crippen molar-refractivity contribution in [3.8, 4) is 0 Å². The molecule has 2 amide bonds. The molecule has 4 aromatic rings. The molecule has 0 bridgehead atoms. The highest BCUT2D eigenvalue weighted by atomic mass is 16.2. The first-order valence-corrected chi connectivity index (χ1v) is 10.5. The molecule has 9 nitrogen and oxygen atoms in total. The van der Waals surface area contributed by atoms with E-state index in [1.807, 2.05) is 50.6 Å². The number of hydrogen-bond acceptors (Lipinski definition) is 5. The molecule has 1 fully saturated rings. The van der Waals surface area contributed by atoms with Crippen LogP contribution in [-0.4, -0.2) is 47.8 Å². The lowest BCUT2D eigenvalue weighted by Crippen LogP contribution is -2.42. The molecule has 0 unspecified atom stereocenters. The topological polar surface area (TPSA) is 97.9 Å². The van der Waals surface area contributed by atoms with Gasteiger partial charge in [0.2, 0.25) is 5.91 Å². The van der Waals surface area contributed by atoms with Gasteiger partial charge < -0.3 is 10.2 Å². The molecule has 1 spiro atoms. The van der Waals surface area contributed by atoms with Gasteiger partial charge in [0.15, 0.2) is 0 Å². The number of aryl methyl sites for hydroxylation is 2. The van der Waals surface area contributed by atoms with Crippen molar-refractivity contribution in [2.24, 2.45) is 14.1 Å². The van der Waals surface area contributed by atoms with E-state index in [1.165, 1.54) is 0 Å². The average molecular weight is 427 g/mol. The third-order valence-electron chi connectivity index (χ3n) is 6.73. The second-order valence-electron chi connectivity index (χ2n) is 8.47. The van der Waals surface area contributed by atoms with Gasteiger partial charge in [0.05, 0.1) is 29.5 Å². The number of fused-ring (bicyclic) bond motifs is 3. The van der Waals surface area contributed by atoms with Gasteiger partial charge in [-0.05, 0) is 24.1 Å². The number of carbonyl (C=O) groups is 2. The minimum absolute atomic E-state index is 0.0805. The Bertz CT molecular complexity index is 1400. The maximum absolute atomic E-state index is 13.8. The molecule has 6 rings (SSSR count). The Balaban J connectivity index is 1.50. The Morgan fingerprint density at radius 2 is 2.00 bits per heavy atom. The van der Waals surface area contributed by atoms with E-state index >= 15 is 0 Å². The molecule has 0 radical (unpaired) electrons. The van der Waals surface area contributed by atoms with Gasteiger partial charge in [0, 0.05) is 44.3 Å². The van der Waals surface area contributed by atoms with E-state index in [4.69, 9.17) is 0 Å². The number of amides is 2. The zero-order valence-electron chi connectivity index (χ0n) is 17.7. The summed E-state index contributed by atoms with van der Waals surface area (Å²) in [4.78, 5) is 33.4. The third-order valence-corrected chi connectivity index (χ3v) is 6.73. The standard InChI is InChI=1S/C23H21N7O2/c1-28-13-15(11-25-28)20-23(16-5-3-4-6-17(16)27-22(23)32)7-8-30(20)21(31)14-9-19-18(24-10-14)12-26-29(19)2/h3-6,9-13,20H,7-8H2,1-2H3,(H,27,32)/t20-,23+/m0/s1. The van der Waals surface area contributed by atoms with Crippen LogP contribution in [0.4, 0.5) is 5.69 Å². The quantitative estimate of drug-likeness (QED) is 0.529. The number of pyridine rings is 1. The molecule has 9 heteroatoms. The normalized spacial score (nSPS) is 22.0. The van der Waals surface area contributed by atoms with Crippen LogP contribution in [0.15, 0.2) is 55.1 Å². The highest BCUT2D eigenvalue weighted by Crippen LogP contribution is 2.54. The predicted molar refractivity (Wildman–Crippen MR) is 117 cm³/mol. The highest BCUT2D eigenvalue weighted by molar-refractivity contribution is 6.08. The summed E-state index contributed by atoms with van der Waals surface area (Å²) in [7, 11) is 3.65. The molecule has 2 atom stereocenters. The number of aromatic nitrogens is 5. The van der Waals surface area contributed by atoms with Gasteiger partial charge in [-0.15, -0.1) is 0 Å². The van der Waals surface area contributed by atoms with Crippen LogP contribution in [0.5, 0.6) is 0 Å². The van der Waals surface area contributed by atoms with E-state index in [1.54, 1.807) is 32.9 Å². The highest BCUT2D eigenvalue weighted by Gasteiger charge is 2.59. The SMILES string of the molecule is Cn1cc([C@@H]2N(C(=O)c3cnc4cnn(C)c4c3)CC[C@]23C(=O)Nc2ccccc23)cn1. The maximum atomic E-state index is 13.8. The van der Waals surface area contributed by atoms with E-state index in [0.717, 1.165) is 27.8 Å². The number of nitrogens with zero attached hydrogens (tertiary/aromatic N) is 6. The van der Waals surface area contributed by atoms with E-state index in [9.17, 15) is 9.59 Å². The smallest absolute Gasteiger partial charge is 0.256 e. The Morgan fingerprint density at radius 1 is 1.16 bits per heavy atom. The lowest BCUT2D eigenvalue weighted by Gasteiger charge is -2.33. The molecule has 1 saturated heterocycles. The van der Waals surface area contributed by atoms with E-state index in [0.29, 0.717) is 18.5 Å². The molecule has 32 heavy (non-hydrogen) atoms. The van der Waals surface area contributed by atoms with Crippen molar-refractivity contribution in [1.82, 2.24) is 29.4 Å². The summed E-state index contributed by atoms with van der Waals surface area (Å²) in [6.45, 7) is 0.448. The number of likely N-dealkylation sites (tertiary alicyclic amines) is 1. The number of hydrogen-bond donors (Lipinski definition) is 1. The minimum Gasteiger partial charge on any atom is -0.330 e. The first kappa shape index (κ1) is 18.7. The van der Waals surface area contributed by atoms with Crippen molar-refractivity contribution >= 4 is 28.5 Å². The van der Waals surface area contributed by atoms with Gasteiger partial charge in [0.25, 0.3) is 5.91 Å². The summed E-state index contributed by atoms with van der Waals surface area (Å²) in [6.07, 6.45) is 7.42. The number of rotatable bonds is 2. The fourth-order valence-electron chi connectivity index (χ4n) is 5.26. The van der Waals surface area contributed by atoms with Crippen LogP contribution >= 0.6 is 0 Å². The zero-order valence-corrected chi connectivity index (χ0v) is 17.7. The van der Waals surface area contributed by atoms with Gasteiger partial charge in [-0.2, -0.15) is 10.2 Å². The summed E-state index contributed by atoms with van der Waals surface area (Å²) < 4.78 is 3.40. The van der Waals surface area contributed by atoms with Crippen molar-refractivity contribution in [3.05, 3.63) is 71.8 Å². The number of benzene rings is 1. The van der Waals surface area contributed by atoms with Crippen molar-refractivity contribution in [3.63, 3.8) is 0 Å². The molecule has 2 aliphatic heterocycles. The van der Waals surface area contributed by atoms with E-state index in [-0.39, 0.29) is 11.8 Å². The fourth-order valence-corrected chi connectivity index (χ4v) is 5.26. The maximum Gasteiger partial charge on any atom is 0.256 e. The van der Waals surface area contributed by atoms with Crippen LogP contribution < -0.4 is 5.32 Å². The Kier molecular flexibility index (Phi) is 3.80. The molecule has 3 aromatic heterocycles. The number of carbonyl (C=O) groups excluding carboxylic acids is 2. The van der Waals surface area contributed by atoms with Crippen LogP contribution in [0.2, 0.25) is 0 Å². The molecule has 1 aromatic carbocycles. The zero-order chi connectivity index (χ0) is 22.0. The second-order valence-corrected chi connectivity index (χ2v) is 8.47. The Hall–Kier alpha value is -4.01. The predicted octanol–water partition coefficient (Wildman–Crippen LogP) is 2.18. The summed E-state index contributed by atoms with van der Waals surface area (Å²) in [5.74, 6) is -0.244. The lowest BCUT2D eigenvalue weighted by molar-refractivity contribution is -0.121. The first-order valence-electron chi connectivity index (χ1n) is 10.5. The van der Waals surface area contributed by atoms with Crippen molar-refractivity contribution in [2.45, 2.75) is 17.9 Å². The monoisotopic (exact) mass is 427 g/mol. The summed E-state index contributed by atoms with van der Waals surface area (Å²) >= 11 is 0. The molecule has 0 saturated carbocycles. The molecule has 0 aliphatic carbocycles. The Labute approximate surface area is 183 Å². The summed E-state index contributed by atoms with van der Waals surface area (Å²) in [6, 6.07) is 9.07. The fraction of sp³-hybridized carbons (Fsp3) is 0.261. The van der Waals surface area contributed by atoms with Crippen LogP contribution in [-0.2, 0) is 24.3 Å². The van der Waals surface area contributed by atoms with Crippen molar-refractivity contribution in [1.29, 1.82) is 0 Å². The van der Waals surface area contributed by atoms with Crippen LogP contribution in [0, 0.1) is 0 Å². The molecule has 160 valence electrons. The number of anilines is 1. The largest absolute Gasteiger partial charge is 0.330 e. The molecule has 2 aliphatic rings. The summed E-state index contributed by atoms with van der Waals surface area (Å²) in [5.41, 5.74) is 3.69.